The third-order valence-electron chi connectivity index (χ3n) is 7.12. The molecule has 1 heterocycles. The number of carbonyl (C=O) groups excluding carboxylic acids is 2. The molecule has 7 heteroatoms. The van der Waals surface area contributed by atoms with E-state index in [4.69, 9.17) is 5.73 Å². The lowest BCUT2D eigenvalue weighted by Gasteiger charge is -2.29. The molecule has 1 aliphatic heterocycles. The van der Waals surface area contributed by atoms with Crippen molar-refractivity contribution in [2.75, 3.05) is 26.2 Å². The average Bonchev–Trinajstić information content (AvgIpc) is 3.12. The number of hydrogen-bond acceptors (Lipinski definition) is 4. The van der Waals surface area contributed by atoms with Gasteiger partial charge in [-0.3, -0.25) is 9.59 Å². The van der Waals surface area contributed by atoms with E-state index in [9.17, 15) is 9.59 Å². The van der Waals surface area contributed by atoms with Gasteiger partial charge in [-0.15, -0.1) is 0 Å². The summed E-state index contributed by atoms with van der Waals surface area (Å²) >= 11 is 3.42. The zero-order valence-corrected chi connectivity index (χ0v) is 23.7. The smallest absolute Gasteiger partial charge is 0.244 e. The third-order valence-corrected chi connectivity index (χ3v) is 7.65. The van der Waals surface area contributed by atoms with Crippen LogP contribution in [0.2, 0.25) is 0 Å². The van der Waals surface area contributed by atoms with Crippen LogP contribution in [0.5, 0.6) is 0 Å². The lowest BCUT2D eigenvalue weighted by atomic mass is 9.90. The molecule has 1 saturated heterocycles. The molecule has 0 radical (unpaired) electrons. The van der Waals surface area contributed by atoms with Crippen LogP contribution in [0.15, 0.2) is 95.5 Å². The number of rotatable bonds is 11. The Bertz CT molecular complexity index is 1180. The van der Waals surface area contributed by atoms with Gasteiger partial charge in [0, 0.05) is 42.1 Å². The number of nitrogens with one attached hydrogen (secondary N) is 2. The van der Waals surface area contributed by atoms with Crippen molar-refractivity contribution in [3.8, 4) is 0 Å². The molecule has 6 nitrogen and oxygen atoms in total. The van der Waals surface area contributed by atoms with Crippen LogP contribution in [0.25, 0.3) is 6.08 Å². The van der Waals surface area contributed by atoms with Gasteiger partial charge in [-0.25, -0.2) is 0 Å². The fourth-order valence-electron chi connectivity index (χ4n) is 4.98. The van der Waals surface area contributed by atoms with Crippen LogP contribution in [0.4, 0.5) is 0 Å². The summed E-state index contributed by atoms with van der Waals surface area (Å²) in [4.78, 5) is 28.3. The molecule has 1 aliphatic rings. The Labute approximate surface area is 239 Å². The number of nitrogens with two attached hydrogens (primary N) is 1. The van der Waals surface area contributed by atoms with Gasteiger partial charge in [0.15, 0.2) is 0 Å². The molecule has 0 spiro atoms. The van der Waals surface area contributed by atoms with Crippen LogP contribution >= 0.6 is 15.9 Å². The number of benzene rings is 3. The number of carbonyl (C=O) groups is 2. The van der Waals surface area contributed by atoms with Crippen molar-refractivity contribution in [2.45, 2.75) is 37.3 Å². The van der Waals surface area contributed by atoms with E-state index in [1.807, 2.05) is 65.6 Å². The maximum Gasteiger partial charge on any atom is 0.244 e. The summed E-state index contributed by atoms with van der Waals surface area (Å²) in [7, 11) is 0. The summed E-state index contributed by atoms with van der Waals surface area (Å²) in [6.07, 6.45) is 5.52. The Hall–Kier alpha value is -3.26. The highest BCUT2D eigenvalue weighted by molar-refractivity contribution is 9.10. The van der Waals surface area contributed by atoms with Crippen LogP contribution in [0, 0.1) is 0 Å². The molecule has 2 amide bonds. The van der Waals surface area contributed by atoms with Crippen molar-refractivity contribution in [2.24, 2.45) is 5.73 Å². The lowest BCUT2D eigenvalue weighted by Crippen LogP contribution is -2.49. The third kappa shape index (κ3) is 8.62. The molecular weight excluding hydrogens is 552 g/mol. The van der Waals surface area contributed by atoms with Crippen LogP contribution in [0.1, 0.15) is 41.9 Å². The van der Waals surface area contributed by atoms with Gasteiger partial charge >= 0.3 is 0 Å². The monoisotopic (exact) mass is 588 g/mol. The second-order valence-electron chi connectivity index (χ2n) is 9.92. The molecule has 4 N–H and O–H groups in total. The van der Waals surface area contributed by atoms with Crippen LogP contribution in [-0.4, -0.2) is 55.0 Å². The summed E-state index contributed by atoms with van der Waals surface area (Å²) in [5, 5.41) is 6.54. The number of hydrogen-bond donors (Lipinski definition) is 3. The standard InChI is InChI=1S/C32H37BrN4O2/c33-27-16-13-24(14-17-27)15-18-31(38)35-22-28-19-21-37(32(39)30(36-28)12-7-20-34)23-29(25-8-3-1-4-9-25)26-10-5-2-6-11-26/h1-6,8-11,13-18,28-30,36H,7,12,19-23,34H2,(H,35,38)/t28-,30-/m0/s1. The van der Waals surface area contributed by atoms with E-state index in [-0.39, 0.29) is 29.8 Å². The van der Waals surface area contributed by atoms with E-state index >= 15 is 0 Å². The van der Waals surface area contributed by atoms with Gasteiger partial charge in [-0.05, 0) is 60.7 Å². The Morgan fingerprint density at radius 3 is 2.28 bits per heavy atom. The Balaban J connectivity index is 1.44. The zero-order chi connectivity index (χ0) is 27.5. The lowest BCUT2D eigenvalue weighted by molar-refractivity contribution is -0.133. The predicted molar refractivity (Wildman–Crippen MR) is 161 cm³/mol. The van der Waals surface area contributed by atoms with Gasteiger partial charge in [-0.2, -0.15) is 0 Å². The second-order valence-corrected chi connectivity index (χ2v) is 10.8. The van der Waals surface area contributed by atoms with Crippen LogP contribution in [0.3, 0.4) is 0 Å². The average molecular weight is 590 g/mol. The van der Waals surface area contributed by atoms with Crippen LogP contribution in [-0.2, 0) is 9.59 Å². The first kappa shape index (κ1) is 28.7. The molecule has 0 aliphatic carbocycles. The summed E-state index contributed by atoms with van der Waals surface area (Å²) in [6.45, 7) is 2.20. The van der Waals surface area contributed by atoms with Crippen molar-refractivity contribution in [3.05, 3.63) is 112 Å². The molecule has 4 rings (SSSR count). The molecule has 0 aromatic heterocycles. The summed E-state index contributed by atoms with van der Waals surface area (Å²) in [6, 6.07) is 28.2. The van der Waals surface area contributed by atoms with E-state index in [0.717, 1.165) is 22.9 Å². The zero-order valence-electron chi connectivity index (χ0n) is 22.1. The number of halogens is 1. The Morgan fingerprint density at radius 1 is 1.03 bits per heavy atom. The van der Waals surface area contributed by atoms with E-state index in [0.29, 0.717) is 32.6 Å². The highest BCUT2D eigenvalue weighted by Crippen LogP contribution is 2.27. The maximum absolute atomic E-state index is 13.7. The first-order chi connectivity index (χ1) is 19.0. The second kappa shape index (κ2) is 14.8. The fourth-order valence-corrected chi connectivity index (χ4v) is 5.24. The maximum atomic E-state index is 13.7. The minimum Gasteiger partial charge on any atom is -0.351 e. The molecule has 39 heavy (non-hydrogen) atoms. The van der Waals surface area contributed by atoms with Gasteiger partial charge in [-0.1, -0.05) is 88.7 Å². The van der Waals surface area contributed by atoms with Crippen molar-refractivity contribution in [1.82, 2.24) is 15.5 Å². The highest BCUT2D eigenvalue weighted by Gasteiger charge is 2.32. The van der Waals surface area contributed by atoms with E-state index in [1.165, 1.54) is 11.1 Å². The van der Waals surface area contributed by atoms with E-state index in [1.54, 1.807) is 12.2 Å². The van der Waals surface area contributed by atoms with E-state index < -0.39 is 0 Å². The molecule has 3 aromatic carbocycles. The molecule has 3 aromatic rings. The van der Waals surface area contributed by atoms with E-state index in [2.05, 4.69) is 50.8 Å². The molecule has 0 saturated carbocycles. The van der Waals surface area contributed by atoms with Gasteiger partial charge in [0.25, 0.3) is 0 Å². The first-order valence-corrected chi connectivity index (χ1v) is 14.4. The van der Waals surface area contributed by atoms with Crippen molar-refractivity contribution >= 4 is 33.8 Å². The normalized spacial score (nSPS) is 17.9. The Kier molecular flexibility index (Phi) is 10.9. The number of nitrogens with zero attached hydrogens (tertiary/aromatic N) is 1. The minimum absolute atomic E-state index is 0.0151. The summed E-state index contributed by atoms with van der Waals surface area (Å²) in [5.41, 5.74) is 9.13. The van der Waals surface area contributed by atoms with Crippen molar-refractivity contribution in [1.29, 1.82) is 0 Å². The van der Waals surface area contributed by atoms with Crippen LogP contribution < -0.4 is 16.4 Å². The van der Waals surface area contributed by atoms with Gasteiger partial charge in [0.2, 0.25) is 11.8 Å². The first-order valence-electron chi connectivity index (χ1n) is 13.6. The van der Waals surface area contributed by atoms with Gasteiger partial charge in [0.1, 0.15) is 0 Å². The molecular formula is C32H37BrN4O2. The SMILES string of the molecule is NCCC[C@@H]1N[C@H](CNC(=O)C=Cc2ccc(Br)cc2)CCN(CC(c2ccccc2)c2ccccc2)C1=O. The largest absolute Gasteiger partial charge is 0.351 e. The Morgan fingerprint density at radius 2 is 1.67 bits per heavy atom. The minimum atomic E-state index is -0.330. The topological polar surface area (TPSA) is 87.5 Å². The fraction of sp³-hybridized carbons (Fsp3) is 0.312. The molecule has 0 bridgehead atoms. The predicted octanol–water partition coefficient (Wildman–Crippen LogP) is 4.71. The molecule has 204 valence electrons. The van der Waals surface area contributed by atoms with Gasteiger partial charge in [0.05, 0.1) is 6.04 Å². The van der Waals surface area contributed by atoms with Crippen molar-refractivity contribution in [3.63, 3.8) is 0 Å². The summed E-state index contributed by atoms with van der Waals surface area (Å²) < 4.78 is 0.996. The molecule has 1 fully saturated rings. The molecule has 2 atom stereocenters. The number of amides is 2. The highest BCUT2D eigenvalue weighted by atomic mass is 79.9. The molecule has 0 unspecified atom stereocenters. The quantitative estimate of drug-likeness (QED) is 0.283. The summed E-state index contributed by atoms with van der Waals surface area (Å²) in [5.74, 6) is 0.0228. The van der Waals surface area contributed by atoms with Gasteiger partial charge < -0.3 is 21.3 Å². The van der Waals surface area contributed by atoms with Crippen molar-refractivity contribution < 1.29 is 9.59 Å².